The average molecular weight is 456 g/mol. The fraction of sp³-hybridized carbons (Fsp3) is 0.292. The molecular formula is C24H23ClFN3O3. The summed E-state index contributed by atoms with van der Waals surface area (Å²) >= 11 is 6.16. The van der Waals surface area contributed by atoms with E-state index in [0.717, 1.165) is 0 Å². The van der Waals surface area contributed by atoms with Crippen LogP contribution in [0.1, 0.15) is 30.3 Å². The van der Waals surface area contributed by atoms with E-state index in [9.17, 15) is 14.0 Å². The van der Waals surface area contributed by atoms with Gasteiger partial charge in [-0.3, -0.25) is 9.59 Å². The molecule has 0 spiro atoms. The number of rotatable bonds is 5. The van der Waals surface area contributed by atoms with Gasteiger partial charge in [-0.25, -0.2) is 9.07 Å². The Hall–Kier alpha value is -3.19. The van der Waals surface area contributed by atoms with Crippen molar-refractivity contribution in [3.63, 3.8) is 0 Å². The zero-order valence-electron chi connectivity index (χ0n) is 17.6. The Morgan fingerprint density at radius 2 is 2.00 bits per heavy atom. The number of piperidine rings is 1. The van der Waals surface area contributed by atoms with E-state index in [4.69, 9.17) is 16.3 Å². The predicted octanol–water partition coefficient (Wildman–Crippen LogP) is 4.75. The van der Waals surface area contributed by atoms with Crippen LogP contribution in [-0.4, -0.2) is 46.3 Å². The van der Waals surface area contributed by atoms with Gasteiger partial charge < -0.3 is 9.64 Å². The minimum atomic E-state index is -0.428. The maximum atomic E-state index is 14.4. The number of ether oxygens (including phenoxy) is 1. The summed E-state index contributed by atoms with van der Waals surface area (Å²) in [6.45, 7) is 2.85. The van der Waals surface area contributed by atoms with E-state index in [1.54, 1.807) is 60.4 Å². The highest BCUT2D eigenvalue weighted by Gasteiger charge is 2.32. The second kappa shape index (κ2) is 9.53. The summed E-state index contributed by atoms with van der Waals surface area (Å²) in [5.74, 6) is -1.36. The lowest BCUT2D eigenvalue weighted by Gasteiger charge is -2.31. The van der Waals surface area contributed by atoms with E-state index in [1.807, 2.05) is 0 Å². The third-order valence-corrected chi connectivity index (χ3v) is 5.69. The van der Waals surface area contributed by atoms with Gasteiger partial charge in [0.2, 0.25) is 0 Å². The molecule has 3 aromatic rings. The van der Waals surface area contributed by atoms with Crippen molar-refractivity contribution in [1.82, 2.24) is 14.7 Å². The van der Waals surface area contributed by atoms with Crippen LogP contribution in [-0.2, 0) is 9.53 Å². The van der Waals surface area contributed by atoms with Gasteiger partial charge in [0.05, 0.1) is 23.9 Å². The normalized spacial score (nSPS) is 16.1. The van der Waals surface area contributed by atoms with Gasteiger partial charge in [-0.15, -0.1) is 0 Å². The molecule has 1 amide bonds. The molecule has 1 fully saturated rings. The number of likely N-dealkylation sites (tertiary alicyclic amines) is 1. The first-order valence-corrected chi connectivity index (χ1v) is 10.9. The minimum absolute atomic E-state index is 0.271. The minimum Gasteiger partial charge on any atom is -0.466 e. The molecule has 0 radical (unpaired) electrons. The van der Waals surface area contributed by atoms with Gasteiger partial charge in [-0.2, -0.15) is 5.10 Å². The molecule has 2 heterocycles. The number of nitrogens with zero attached hydrogens (tertiary/aromatic N) is 3. The van der Waals surface area contributed by atoms with Gasteiger partial charge in [-0.05, 0) is 56.2 Å². The number of halogens is 2. The highest BCUT2D eigenvalue weighted by Crippen LogP contribution is 2.27. The molecule has 1 aromatic heterocycles. The zero-order chi connectivity index (χ0) is 22.7. The van der Waals surface area contributed by atoms with Crippen molar-refractivity contribution in [2.75, 3.05) is 19.7 Å². The largest absolute Gasteiger partial charge is 0.466 e. The van der Waals surface area contributed by atoms with Gasteiger partial charge in [0.15, 0.2) is 0 Å². The number of carbonyl (C=O) groups excluding carboxylic acids is 2. The molecule has 1 aliphatic rings. The fourth-order valence-electron chi connectivity index (χ4n) is 3.91. The molecule has 6 nitrogen and oxygen atoms in total. The molecule has 0 aliphatic carbocycles. The second-order valence-corrected chi connectivity index (χ2v) is 8.07. The molecule has 1 unspecified atom stereocenters. The molecule has 1 atom stereocenters. The van der Waals surface area contributed by atoms with E-state index in [0.29, 0.717) is 48.0 Å². The number of hydrogen-bond donors (Lipinski definition) is 0. The first-order chi connectivity index (χ1) is 15.5. The van der Waals surface area contributed by atoms with E-state index in [1.165, 1.54) is 10.7 Å². The van der Waals surface area contributed by atoms with Crippen LogP contribution in [0.25, 0.3) is 16.9 Å². The lowest BCUT2D eigenvalue weighted by atomic mass is 9.98. The summed E-state index contributed by atoms with van der Waals surface area (Å²) in [5.41, 5.74) is 1.49. The Labute approximate surface area is 190 Å². The maximum Gasteiger partial charge on any atom is 0.310 e. The topological polar surface area (TPSA) is 64.4 Å². The summed E-state index contributed by atoms with van der Waals surface area (Å²) in [7, 11) is 0. The second-order valence-electron chi connectivity index (χ2n) is 7.63. The Bertz CT molecular complexity index is 1150. The van der Waals surface area contributed by atoms with Crippen LogP contribution >= 0.6 is 11.6 Å². The van der Waals surface area contributed by atoms with E-state index < -0.39 is 5.82 Å². The molecule has 166 valence electrons. The lowest BCUT2D eigenvalue weighted by molar-refractivity contribution is -0.149. The molecule has 2 aromatic carbocycles. The standard InChI is InChI=1S/C24H23ClFN3O3/c1-2-32-24(31)16-7-6-12-28(15-16)23(30)22-14-21(19-10-3-4-11-20(19)26)27-29(22)18-9-5-8-17(25)13-18/h3-5,8-11,13-14,16H,2,6-7,12,15H2,1H3. The highest BCUT2D eigenvalue weighted by atomic mass is 35.5. The Morgan fingerprint density at radius 1 is 1.19 bits per heavy atom. The van der Waals surface area contributed by atoms with Crippen LogP contribution < -0.4 is 0 Å². The van der Waals surface area contributed by atoms with Crippen molar-refractivity contribution in [2.24, 2.45) is 5.92 Å². The third-order valence-electron chi connectivity index (χ3n) is 5.46. The van der Waals surface area contributed by atoms with E-state index >= 15 is 0 Å². The van der Waals surface area contributed by atoms with Crippen molar-refractivity contribution in [3.8, 4) is 16.9 Å². The molecule has 32 heavy (non-hydrogen) atoms. The van der Waals surface area contributed by atoms with Crippen LogP contribution in [0.15, 0.2) is 54.6 Å². The third kappa shape index (κ3) is 4.53. The average Bonchev–Trinajstić information content (AvgIpc) is 3.24. The molecule has 1 saturated heterocycles. The van der Waals surface area contributed by atoms with Crippen molar-refractivity contribution in [2.45, 2.75) is 19.8 Å². The smallest absolute Gasteiger partial charge is 0.310 e. The number of hydrogen-bond acceptors (Lipinski definition) is 4. The first kappa shape index (κ1) is 22.0. The lowest BCUT2D eigenvalue weighted by Crippen LogP contribution is -2.43. The highest BCUT2D eigenvalue weighted by molar-refractivity contribution is 6.30. The van der Waals surface area contributed by atoms with Crippen LogP contribution in [0.4, 0.5) is 4.39 Å². The molecule has 0 N–H and O–H groups in total. The van der Waals surface area contributed by atoms with E-state index in [2.05, 4.69) is 5.10 Å². The summed E-state index contributed by atoms with van der Waals surface area (Å²) in [4.78, 5) is 27.4. The molecule has 8 heteroatoms. The van der Waals surface area contributed by atoms with Crippen molar-refractivity contribution < 1.29 is 18.7 Å². The zero-order valence-corrected chi connectivity index (χ0v) is 18.4. The number of amides is 1. The van der Waals surface area contributed by atoms with Crippen LogP contribution in [0.5, 0.6) is 0 Å². The maximum absolute atomic E-state index is 14.4. The first-order valence-electron chi connectivity index (χ1n) is 10.5. The monoisotopic (exact) mass is 455 g/mol. The van der Waals surface area contributed by atoms with E-state index in [-0.39, 0.29) is 30.0 Å². The quantitative estimate of drug-likeness (QED) is 0.521. The van der Waals surface area contributed by atoms with Gasteiger partial charge in [0.25, 0.3) is 5.91 Å². The molecule has 4 rings (SSSR count). The SMILES string of the molecule is CCOC(=O)C1CCCN(C(=O)c2cc(-c3ccccc3F)nn2-c2cccc(Cl)c2)C1. The van der Waals surface area contributed by atoms with Crippen molar-refractivity contribution in [3.05, 3.63) is 71.1 Å². The Morgan fingerprint density at radius 3 is 2.75 bits per heavy atom. The summed E-state index contributed by atoms with van der Waals surface area (Å²) in [5, 5.41) is 5.02. The van der Waals surface area contributed by atoms with Gasteiger partial charge in [-0.1, -0.05) is 29.8 Å². The number of esters is 1. The number of carbonyl (C=O) groups is 2. The number of aromatic nitrogens is 2. The molecule has 0 saturated carbocycles. The van der Waals surface area contributed by atoms with Gasteiger partial charge >= 0.3 is 5.97 Å². The predicted molar refractivity (Wildman–Crippen MR) is 119 cm³/mol. The Balaban J connectivity index is 1.72. The molecule has 1 aliphatic heterocycles. The van der Waals surface area contributed by atoms with Crippen LogP contribution in [0.3, 0.4) is 0 Å². The van der Waals surface area contributed by atoms with Crippen molar-refractivity contribution in [1.29, 1.82) is 0 Å². The van der Waals surface area contributed by atoms with Crippen LogP contribution in [0.2, 0.25) is 5.02 Å². The van der Waals surface area contributed by atoms with Gasteiger partial charge in [0.1, 0.15) is 11.5 Å². The molecule has 0 bridgehead atoms. The summed E-state index contributed by atoms with van der Waals surface area (Å²) in [6, 6.07) is 14.8. The van der Waals surface area contributed by atoms with Crippen LogP contribution in [0, 0.1) is 11.7 Å². The fourth-order valence-corrected chi connectivity index (χ4v) is 4.10. The Kier molecular flexibility index (Phi) is 6.55. The number of benzene rings is 2. The summed E-state index contributed by atoms with van der Waals surface area (Å²) < 4.78 is 21.1. The molecular weight excluding hydrogens is 433 g/mol. The van der Waals surface area contributed by atoms with Crippen molar-refractivity contribution >= 4 is 23.5 Å². The summed E-state index contributed by atoms with van der Waals surface area (Å²) in [6.07, 6.45) is 1.37. The van der Waals surface area contributed by atoms with Gasteiger partial charge in [0, 0.05) is 23.7 Å².